The van der Waals surface area contributed by atoms with Crippen LogP contribution in [0.15, 0.2) is 12.3 Å². The van der Waals surface area contributed by atoms with E-state index in [0.29, 0.717) is 12.6 Å². The van der Waals surface area contributed by atoms with E-state index in [2.05, 4.69) is 39.0 Å². The van der Waals surface area contributed by atoms with Gasteiger partial charge in [-0.15, -0.1) is 0 Å². The maximum Gasteiger partial charge on any atom is 0.291 e. The van der Waals surface area contributed by atoms with Gasteiger partial charge in [-0.3, -0.25) is 9.48 Å². The van der Waals surface area contributed by atoms with Crippen molar-refractivity contribution in [2.45, 2.75) is 32.9 Å². The molecule has 0 aliphatic carbocycles. The van der Waals surface area contributed by atoms with Gasteiger partial charge < -0.3 is 14.7 Å². The molecule has 0 bridgehead atoms. The van der Waals surface area contributed by atoms with Crippen LogP contribution in [0, 0.1) is 13.8 Å². The summed E-state index contributed by atoms with van der Waals surface area (Å²) in [7, 11) is 7.83. The maximum atomic E-state index is 12.9. The molecule has 0 radical (unpaired) electrons. The highest BCUT2D eigenvalue weighted by atomic mass is 16.2. The summed E-state index contributed by atoms with van der Waals surface area (Å²) in [6.07, 6.45) is 2.96. The second-order valence-electron chi connectivity index (χ2n) is 7.58. The van der Waals surface area contributed by atoms with Crippen molar-refractivity contribution in [3.63, 3.8) is 0 Å². The molecule has 8 nitrogen and oxygen atoms in total. The minimum absolute atomic E-state index is 0.187. The smallest absolute Gasteiger partial charge is 0.291 e. The van der Waals surface area contributed by atoms with Crippen LogP contribution in [0.4, 0.5) is 5.82 Å². The van der Waals surface area contributed by atoms with Gasteiger partial charge in [-0.05, 0) is 40.4 Å². The molecule has 1 saturated heterocycles. The van der Waals surface area contributed by atoms with Crippen LogP contribution < -0.4 is 4.90 Å². The van der Waals surface area contributed by atoms with Gasteiger partial charge >= 0.3 is 0 Å². The fraction of sp³-hybridized carbons (Fsp3) is 0.579. The summed E-state index contributed by atoms with van der Waals surface area (Å²) in [5.74, 6) is 0.939. The number of aryl methyl sites for hydroxylation is 2. The molecular weight excluding hydrogens is 342 g/mol. The van der Waals surface area contributed by atoms with Crippen LogP contribution in [0.25, 0.3) is 0 Å². The van der Waals surface area contributed by atoms with E-state index in [9.17, 15) is 4.79 Å². The molecule has 3 rings (SSSR count). The van der Waals surface area contributed by atoms with Gasteiger partial charge in [0.25, 0.3) is 5.91 Å². The molecule has 1 amide bonds. The van der Waals surface area contributed by atoms with Gasteiger partial charge in [0.2, 0.25) is 5.82 Å². The number of hydrogen-bond acceptors (Lipinski definition) is 6. The molecule has 27 heavy (non-hydrogen) atoms. The molecule has 1 atom stereocenters. The molecular formula is C19H29N7O. The average molecular weight is 371 g/mol. The van der Waals surface area contributed by atoms with Gasteiger partial charge in [0, 0.05) is 50.7 Å². The third-order valence-corrected chi connectivity index (χ3v) is 5.26. The van der Waals surface area contributed by atoms with Crippen molar-refractivity contribution >= 4 is 11.7 Å². The molecule has 1 fully saturated rings. The topological polar surface area (TPSA) is 70.4 Å². The Labute approximate surface area is 160 Å². The van der Waals surface area contributed by atoms with E-state index in [4.69, 9.17) is 0 Å². The zero-order chi connectivity index (χ0) is 19.7. The van der Waals surface area contributed by atoms with Crippen molar-refractivity contribution in [1.29, 1.82) is 0 Å². The fourth-order valence-electron chi connectivity index (χ4n) is 3.41. The molecule has 1 aliphatic heterocycles. The second-order valence-corrected chi connectivity index (χ2v) is 7.58. The number of likely N-dealkylation sites (N-methyl/N-ethyl adjacent to an activating group) is 1. The van der Waals surface area contributed by atoms with Crippen molar-refractivity contribution < 1.29 is 4.79 Å². The highest BCUT2D eigenvalue weighted by Gasteiger charge is 2.28. The largest absolute Gasteiger partial charge is 0.355 e. The van der Waals surface area contributed by atoms with Crippen LogP contribution >= 0.6 is 0 Å². The molecule has 146 valence electrons. The number of rotatable bonds is 5. The summed E-state index contributed by atoms with van der Waals surface area (Å²) in [4.78, 5) is 28.1. The van der Waals surface area contributed by atoms with Crippen LogP contribution in [-0.2, 0) is 13.6 Å². The standard InChI is InChI=1S/C19H29N7O/c1-13-14(2)20-17(19(27)24(5)11-15-7-9-25(6)22-15)21-18(13)26-10-8-16(12-26)23(3)4/h7,9,16H,8,10-12H2,1-6H3/t16-/m1/s1. The Morgan fingerprint density at radius 1 is 1.26 bits per heavy atom. The first-order valence-corrected chi connectivity index (χ1v) is 9.27. The third kappa shape index (κ3) is 4.10. The molecule has 0 aromatic carbocycles. The number of carbonyl (C=O) groups is 1. The minimum atomic E-state index is -0.187. The number of anilines is 1. The Kier molecular flexibility index (Phi) is 5.46. The van der Waals surface area contributed by atoms with Crippen LogP contribution in [0.5, 0.6) is 0 Å². The van der Waals surface area contributed by atoms with Crippen molar-refractivity contribution in [2.24, 2.45) is 7.05 Å². The highest BCUT2D eigenvalue weighted by Crippen LogP contribution is 2.25. The summed E-state index contributed by atoms with van der Waals surface area (Å²) >= 11 is 0. The van der Waals surface area contributed by atoms with E-state index in [1.54, 1.807) is 16.6 Å². The van der Waals surface area contributed by atoms with Gasteiger partial charge in [0.1, 0.15) is 5.82 Å². The number of hydrogen-bond donors (Lipinski definition) is 0. The average Bonchev–Trinajstić information content (AvgIpc) is 3.25. The molecule has 3 heterocycles. The molecule has 2 aromatic heterocycles. The lowest BCUT2D eigenvalue weighted by molar-refractivity contribution is 0.0770. The van der Waals surface area contributed by atoms with Gasteiger partial charge in [0.05, 0.1) is 12.2 Å². The molecule has 0 unspecified atom stereocenters. The normalized spacial score (nSPS) is 17.0. The lowest BCUT2D eigenvalue weighted by Crippen LogP contribution is -2.33. The summed E-state index contributed by atoms with van der Waals surface area (Å²) in [6, 6.07) is 2.41. The van der Waals surface area contributed by atoms with E-state index >= 15 is 0 Å². The lowest BCUT2D eigenvalue weighted by atomic mass is 10.2. The summed E-state index contributed by atoms with van der Waals surface area (Å²) in [6.45, 7) is 6.26. The van der Waals surface area contributed by atoms with Crippen molar-refractivity contribution in [3.8, 4) is 0 Å². The first-order valence-electron chi connectivity index (χ1n) is 9.27. The summed E-state index contributed by atoms with van der Waals surface area (Å²) < 4.78 is 1.73. The van der Waals surface area contributed by atoms with Crippen molar-refractivity contribution in [3.05, 3.63) is 35.0 Å². The van der Waals surface area contributed by atoms with Crippen LogP contribution in [-0.4, -0.2) is 75.7 Å². The molecule has 8 heteroatoms. The van der Waals surface area contributed by atoms with Crippen LogP contribution in [0.2, 0.25) is 0 Å². The van der Waals surface area contributed by atoms with Gasteiger partial charge in [-0.2, -0.15) is 5.10 Å². The predicted octanol–water partition coefficient (Wildman–Crippen LogP) is 1.24. The maximum absolute atomic E-state index is 12.9. The molecule has 2 aromatic rings. The van der Waals surface area contributed by atoms with Crippen molar-refractivity contribution in [1.82, 2.24) is 29.5 Å². The van der Waals surface area contributed by atoms with Crippen molar-refractivity contribution in [2.75, 3.05) is 39.1 Å². The Morgan fingerprint density at radius 3 is 2.59 bits per heavy atom. The zero-order valence-electron chi connectivity index (χ0n) is 17.1. The molecule has 0 saturated carbocycles. The highest BCUT2D eigenvalue weighted by molar-refractivity contribution is 5.90. The SMILES string of the molecule is Cc1nc(C(=O)N(C)Cc2ccn(C)n2)nc(N2CC[C@@H](N(C)C)C2)c1C. The Bertz CT molecular complexity index is 829. The first-order chi connectivity index (χ1) is 12.8. The number of aromatic nitrogens is 4. The quantitative estimate of drug-likeness (QED) is 0.788. The predicted molar refractivity (Wildman–Crippen MR) is 105 cm³/mol. The minimum Gasteiger partial charge on any atom is -0.355 e. The van der Waals surface area contributed by atoms with E-state index in [0.717, 1.165) is 42.3 Å². The summed E-state index contributed by atoms with van der Waals surface area (Å²) in [5.41, 5.74) is 2.73. The Hall–Kier alpha value is -2.48. The van der Waals surface area contributed by atoms with Crippen LogP contribution in [0.1, 0.15) is 34.0 Å². The number of nitrogens with zero attached hydrogens (tertiary/aromatic N) is 7. The number of amides is 1. The third-order valence-electron chi connectivity index (χ3n) is 5.26. The van der Waals surface area contributed by atoms with E-state index < -0.39 is 0 Å². The van der Waals surface area contributed by atoms with E-state index in [-0.39, 0.29) is 11.7 Å². The number of carbonyl (C=O) groups excluding carboxylic acids is 1. The zero-order valence-corrected chi connectivity index (χ0v) is 17.1. The second kappa shape index (κ2) is 7.64. The van der Waals surface area contributed by atoms with E-state index in [1.807, 2.05) is 33.2 Å². The lowest BCUT2D eigenvalue weighted by Gasteiger charge is -2.24. The Morgan fingerprint density at radius 2 is 2.00 bits per heavy atom. The van der Waals surface area contributed by atoms with Gasteiger partial charge in [0.15, 0.2) is 0 Å². The first kappa shape index (κ1) is 19.3. The summed E-state index contributed by atoms with van der Waals surface area (Å²) in [5, 5.41) is 4.33. The van der Waals surface area contributed by atoms with Crippen LogP contribution in [0.3, 0.4) is 0 Å². The fourth-order valence-corrected chi connectivity index (χ4v) is 3.41. The van der Waals surface area contributed by atoms with Gasteiger partial charge in [-0.1, -0.05) is 0 Å². The molecule has 0 spiro atoms. The molecule has 1 aliphatic rings. The van der Waals surface area contributed by atoms with Gasteiger partial charge in [-0.25, -0.2) is 9.97 Å². The monoisotopic (exact) mass is 371 g/mol. The molecule has 0 N–H and O–H groups in total. The van der Waals surface area contributed by atoms with E-state index in [1.165, 1.54) is 0 Å². The Balaban J connectivity index is 1.81.